The maximum absolute atomic E-state index is 11.6. The van der Waals surface area contributed by atoms with E-state index in [1.54, 1.807) is 6.92 Å². The van der Waals surface area contributed by atoms with Crippen molar-refractivity contribution in [3.63, 3.8) is 0 Å². The molecule has 1 saturated heterocycles. The highest BCUT2D eigenvalue weighted by Crippen LogP contribution is 2.20. The van der Waals surface area contributed by atoms with Gasteiger partial charge in [0.2, 0.25) is 11.8 Å². The predicted molar refractivity (Wildman–Crippen MR) is 57.5 cm³/mol. The molecule has 0 aromatic carbocycles. The number of aliphatic hydroxyl groups is 1. The number of β-amino-alcohol motifs (C(OH)–C–C–N with tert-alkyl or cyclic N) is 1. The van der Waals surface area contributed by atoms with Crippen molar-refractivity contribution in [2.45, 2.75) is 38.3 Å². The van der Waals surface area contributed by atoms with Crippen LogP contribution in [0.2, 0.25) is 0 Å². The molecule has 5 heteroatoms. The average Bonchev–Trinajstić information content (AvgIpc) is 3.01. The summed E-state index contributed by atoms with van der Waals surface area (Å²) in [4.78, 5) is 24.2. The Morgan fingerprint density at radius 2 is 2.19 bits per heavy atom. The van der Waals surface area contributed by atoms with Gasteiger partial charge >= 0.3 is 0 Å². The summed E-state index contributed by atoms with van der Waals surface area (Å²) in [6, 6.07) is 0.526. The van der Waals surface area contributed by atoms with E-state index in [0.717, 1.165) is 12.8 Å². The molecular formula is C11H18N2O3. The first-order valence-corrected chi connectivity index (χ1v) is 5.83. The number of carbonyl (C=O) groups is 2. The van der Waals surface area contributed by atoms with Crippen molar-refractivity contribution < 1.29 is 14.7 Å². The van der Waals surface area contributed by atoms with Crippen molar-refractivity contribution in [1.29, 1.82) is 0 Å². The van der Waals surface area contributed by atoms with Crippen molar-refractivity contribution in [3.8, 4) is 0 Å². The molecule has 1 heterocycles. The number of imide groups is 1. The van der Waals surface area contributed by atoms with E-state index in [4.69, 9.17) is 0 Å². The third kappa shape index (κ3) is 2.59. The highest BCUT2D eigenvalue weighted by atomic mass is 16.3. The molecule has 2 rings (SSSR count). The topological polar surface area (TPSA) is 69.6 Å². The Bertz CT molecular complexity index is 302. The van der Waals surface area contributed by atoms with Crippen LogP contribution in [0.3, 0.4) is 0 Å². The van der Waals surface area contributed by atoms with Crippen LogP contribution in [0.25, 0.3) is 0 Å². The summed E-state index contributed by atoms with van der Waals surface area (Å²) in [7, 11) is 0. The largest absolute Gasteiger partial charge is 0.390 e. The monoisotopic (exact) mass is 226 g/mol. The van der Waals surface area contributed by atoms with Crippen LogP contribution < -0.4 is 5.32 Å². The summed E-state index contributed by atoms with van der Waals surface area (Å²) in [5, 5.41) is 12.9. The number of aliphatic hydroxyl groups excluding tert-OH is 1. The standard InChI is InChI=1S/C11H18N2O3/c1-7-4-10(15)13(11(7)16)6-9(14)5-12-8-2-3-8/h7-9,12,14H,2-6H2,1H3. The lowest BCUT2D eigenvalue weighted by Crippen LogP contribution is -2.41. The predicted octanol–water partition coefficient (Wildman–Crippen LogP) is -0.506. The number of nitrogens with zero attached hydrogens (tertiary/aromatic N) is 1. The van der Waals surface area contributed by atoms with Crippen LogP contribution in [0.4, 0.5) is 0 Å². The normalized spacial score (nSPS) is 27.6. The average molecular weight is 226 g/mol. The number of rotatable bonds is 5. The Hall–Kier alpha value is -0.940. The zero-order valence-corrected chi connectivity index (χ0v) is 9.48. The number of nitrogens with one attached hydrogen (secondary N) is 1. The van der Waals surface area contributed by atoms with Crippen LogP contribution in [-0.2, 0) is 9.59 Å². The minimum absolute atomic E-state index is 0.127. The van der Waals surface area contributed by atoms with Gasteiger partial charge in [0.15, 0.2) is 0 Å². The minimum atomic E-state index is -0.654. The fraction of sp³-hybridized carbons (Fsp3) is 0.818. The smallest absolute Gasteiger partial charge is 0.232 e. The molecule has 2 fully saturated rings. The SMILES string of the molecule is CC1CC(=O)N(CC(O)CNC2CC2)C1=O. The number of amides is 2. The Kier molecular flexibility index (Phi) is 3.25. The highest BCUT2D eigenvalue weighted by molar-refractivity contribution is 6.03. The minimum Gasteiger partial charge on any atom is -0.390 e. The summed E-state index contributed by atoms with van der Waals surface area (Å²) >= 11 is 0. The molecule has 2 aliphatic rings. The number of hydrogen-bond acceptors (Lipinski definition) is 4. The van der Waals surface area contributed by atoms with E-state index < -0.39 is 6.10 Å². The second-order valence-corrected chi connectivity index (χ2v) is 4.78. The van der Waals surface area contributed by atoms with Crippen LogP contribution >= 0.6 is 0 Å². The molecule has 90 valence electrons. The van der Waals surface area contributed by atoms with E-state index in [0.29, 0.717) is 12.6 Å². The van der Waals surface area contributed by atoms with Crippen molar-refractivity contribution in [1.82, 2.24) is 10.2 Å². The van der Waals surface area contributed by atoms with E-state index in [1.165, 1.54) is 4.90 Å². The molecule has 1 aliphatic carbocycles. The fourth-order valence-corrected chi connectivity index (χ4v) is 1.91. The Morgan fingerprint density at radius 1 is 1.50 bits per heavy atom. The lowest BCUT2D eigenvalue weighted by atomic mass is 10.1. The molecule has 2 atom stereocenters. The summed E-state index contributed by atoms with van der Waals surface area (Å²) in [6.07, 6.45) is 1.94. The lowest BCUT2D eigenvalue weighted by Gasteiger charge is -2.19. The van der Waals surface area contributed by atoms with Gasteiger partial charge in [0.25, 0.3) is 0 Å². The van der Waals surface area contributed by atoms with Crippen LogP contribution in [-0.4, -0.2) is 47.1 Å². The van der Waals surface area contributed by atoms with Gasteiger partial charge in [0, 0.05) is 24.9 Å². The van der Waals surface area contributed by atoms with Gasteiger partial charge in [-0.2, -0.15) is 0 Å². The first kappa shape index (κ1) is 11.5. The molecule has 0 spiro atoms. The van der Waals surface area contributed by atoms with E-state index in [-0.39, 0.29) is 30.7 Å². The van der Waals surface area contributed by atoms with E-state index in [9.17, 15) is 14.7 Å². The summed E-state index contributed by atoms with van der Waals surface area (Å²) in [5.74, 6) is -0.547. The molecule has 0 bridgehead atoms. The van der Waals surface area contributed by atoms with Crippen molar-refractivity contribution in [2.24, 2.45) is 5.92 Å². The van der Waals surface area contributed by atoms with Gasteiger partial charge < -0.3 is 10.4 Å². The Morgan fingerprint density at radius 3 is 2.69 bits per heavy atom. The third-order valence-corrected chi connectivity index (χ3v) is 3.08. The Labute approximate surface area is 94.8 Å². The molecule has 0 radical (unpaired) electrons. The van der Waals surface area contributed by atoms with Crippen molar-refractivity contribution in [2.75, 3.05) is 13.1 Å². The third-order valence-electron chi connectivity index (χ3n) is 3.08. The van der Waals surface area contributed by atoms with Crippen LogP contribution in [0.15, 0.2) is 0 Å². The van der Waals surface area contributed by atoms with Gasteiger partial charge in [0.1, 0.15) is 0 Å². The molecule has 2 amide bonds. The zero-order chi connectivity index (χ0) is 11.7. The molecule has 0 aromatic heterocycles. The fourth-order valence-electron chi connectivity index (χ4n) is 1.91. The molecule has 5 nitrogen and oxygen atoms in total. The van der Waals surface area contributed by atoms with Gasteiger partial charge in [-0.05, 0) is 12.8 Å². The number of likely N-dealkylation sites (tertiary alicyclic amines) is 1. The quantitative estimate of drug-likeness (QED) is 0.620. The molecule has 2 unspecified atom stereocenters. The first-order valence-electron chi connectivity index (χ1n) is 5.83. The zero-order valence-electron chi connectivity index (χ0n) is 9.48. The molecule has 2 N–H and O–H groups in total. The summed E-state index contributed by atoms with van der Waals surface area (Å²) in [6.45, 7) is 2.33. The summed E-state index contributed by atoms with van der Waals surface area (Å²) < 4.78 is 0. The van der Waals surface area contributed by atoms with Gasteiger partial charge in [-0.15, -0.1) is 0 Å². The van der Waals surface area contributed by atoms with Crippen molar-refractivity contribution in [3.05, 3.63) is 0 Å². The second-order valence-electron chi connectivity index (χ2n) is 4.78. The van der Waals surface area contributed by atoms with Gasteiger partial charge in [0.05, 0.1) is 12.6 Å². The maximum atomic E-state index is 11.6. The van der Waals surface area contributed by atoms with Crippen molar-refractivity contribution >= 4 is 11.8 Å². The molecule has 1 aliphatic heterocycles. The molecule has 1 saturated carbocycles. The van der Waals surface area contributed by atoms with Gasteiger partial charge in [-0.3, -0.25) is 14.5 Å². The Balaban J connectivity index is 1.78. The van der Waals surface area contributed by atoms with Crippen LogP contribution in [0.1, 0.15) is 26.2 Å². The first-order chi connectivity index (χ1) is 7.58. The van der Waals surface area contributed by atoms with Gasteiger partial charge in [-0.1, -0.05) is 6.92 Å². The molecular weight excluding hydrogens is 208 g/mol. The van der Waals surface area contributed by atoms with E-state index >= 15 is 0 Å². The lowest BCUT2D eigenvalue weighted by molar-refractivity contribution is -0.140. The number of hydrogen-bond donors (Lipinski definition) is 2. The van der Waals surface area contributed by atoms with Crippen LogP contribution in [0, 0.1) is 5.92 Å². The van der Waals surface area contributed by atoms with E-state index in [1.807, 2.05) is 0 Å². The van der Waals surface area contributed by atoms with Gasteiger partial charge in [-0.25, -0.2) is 0 Å². The second kappa shape index (κ2) is 4.51. The molecule has 16 heavy (non-hydrogen) atoms. The van der Waals surface area contributed by atoms with Crippen LogP contribution in [0.5, 0.6) is 0 Å². The maximum Gasteiger partial charge on any atom is 0.232 e. The number of carbonyl (C=O) groups excluding carboxylic acids is 2. The van der Waals surface area contributed by atoms with E-state index in [2.05, 4.69) is 5.32 Å². The molecule has 0 aromatic rings. The highest BCUT2D eigenvalue weighted by Gasteiger charge is 2.36. The summed E-state index contributed by atoms with van der Waals surface area (Å²) in [5.41, 5.74) is 0.